The summed E-state index contributed by atoms with van der Waals surface area (Å²) in [6, 6.07) is 5.84. The van der Waals surface area contributed by atoms with E-state index in [-0.39, 0.29) is 0 Å². The Hall–Kier alpha value is -1.03. The van der Waals surface area contributed by atoms with Crippen LogP contribution in [-0.2, 0) is 6.54 Å². The lowest BCUT2D eigenvalue weighted by molar-refractivity contribution is 0.814. The van der Waals surface area contributed by atoms with Crippen molar-refractivity contribution in [3.05, 3.63) is 45.7 Å². The van der Waals surface area contributed by atoms with Crippen molar-refractivity contribution in [3.63, 3.8) is 0 Å². The van der Waals surface area contributed by atoms with Crippen LogP contribution in [0.1, 0.15) is 11.3 Å². The van der Waals surface area contributed by atoms with Gasteiger partial charge in [0.15, 0.2) is 0 Å². The SMILES string of the molecule is CNCc1ccc(-n2cc(Cl)c(C)n2)cc1Cl. The van der Waals surface area contributed by atoms with Crippen LogP contribution >= 0.6 is 23.2 Å². The molecule has 0 radical (unpaired) electrons. The zero-order valence-electron chi connectivity index (χ0n) is 9.67. The van der Waals surface area contributed by atoms with Crippen molar-refractivity contribution < 1.29 is 0 Å². The van der Waals surface area contributed by atoms with Gasteiger partial charge in [0.05, 0.1) is 16.4 Å². The zero-order valence-corrected chi connectivity index (χ0v) is 11.2. The average Bonchev–Trinajstić information content (AvgIpc) is 2.62. The van der Waals surface area contributed by atoms with Gasteiger partial charge >= 0.3 is 0 Å². The second-order valence-electron chi connectivity index (χ2n) is 3.81. The third kappa shape index (κ3) is 2.63. The van der Waals surface area contributed by atoms with Gasteiger partial charge in [0, 0.05) is 17.8 Å². The van der Waals surface area contributed by atoms with Crippen LogP contribution in [0.3, 0.4) is 0 Å². The molecule has 0 saturated heterocycles. The number of benzene rings is 1. The smallest absolute Gasteiger partial charge is 0.0819 e. The number of nitrogens with one attached hydrogen (secondary N) is 1. The van der Waals surface area contributed by atoms with Gasteiger partial charge < -0.3 is 5.32 Å². The Bertz CT molecular complexity index is 515. The molecule has 1 aromatic heterocycles. The molecule has 0 aliphatic heterocycles. The maximum absolute atomic E-state index is 6.19. The minimum absolute atomic E-state index is 0.653. The Morgan fingerprint density at radius 1 is 1.29 bits per heavy atom. The number of aromatic nitrogens is 2. The monoisotopic (exact) mass is 269 g/mol. The van der Waals surface area contributed by atoms with E-state index in [2.05, 4.69) is 10.4 Å². The molecule has 1 aromatic carbocycles. The molecule has 17 heavy (non-hydrogen) atoms. The second-order valence-corrected chi connectivity index (χ2v) is 4.63. The quantitative estimate of drug-likeness (QED) is 0.928. The lowest BCUT2D eigenvalue weighted by Gasteiger charge is -2.06. The van der Waals surface area contributed by atoms with Crippen molar-refractivity contribution in [3.8, 4) is 5.69 Å². The summed E-state index contributed by atoms with van der Waals surface area (Å²) in [5.74, 6) is 0. The summed E-state index contributed by atoms with van der Waals surface area (Å²) in [5, 5.41) is 8.75. The first-order valence-electron chi connectivity index (χ1n) is 5.27. The van der Waals surface area contributed by atoms with E-state index in [0.717, 1.165) is 28.5 Å². The van der Waals surface area contributed by atoms with Gasteiger partial charge in [-0.25, -0.2) is 4.68 Å². The van der Waals surface area contributed by atoms with Gasteiger partial charge in [-0.15, -0.1) is 0 Å². The Labute approximate surface area is 110 Å². The van der Waals surface area contributed by atoms with Crippen LogP contribution in [0, 0.1) is 6.92 Å². The van der Waals surface area contributed by atoms with Gasteiger partial charge in [-0.2, -0.15) is 5.10 Å². The molecule has 2 rings (SSSR count). The van der Waals surface area contributed by atoms with Crippen LogP contribution in [0.2, 0.25) is 10.0 Å². The first kappa shape index (κ1) is 12.4. The first-order valence-corrected chi connectivity index (χ1v) is 6.02. The highest BCUT2D eigenvalue weighted by molar-refractivity contribution is 6.31. The Balaban J connectivity index is 2.37. The molecule has 0 atom stereocenters. The van der Waals surface area contributed by atoms with E-state index in [1.807, 2.05) is 32.2 Å². The fraction of sp³-hybridized carbons (Fsp3) is 0.250. The van der Waals surface area contributed by atoms with Crippen molar-refractivity contribution in [2.24, 2.45) is 0 Å². The average molecular weight is 270 g/mol. The van der Waals surface area contributed by atoms with Crippen molar-refractivity contribution in [2.45, 2.75) is 13.5 Å². The summed E-state index contributed by atoms with van der Waals surface area (Å²) in [4.78, 5) is 0. The molecule has 2 aromatic rings. The third-order valence-corrected chi connectivity index (χ3v) is 3.23. The van der Waals surface area contributed by atoms with E-state index in [9.17, 15) is 0 Å². The van der Waals surface area contributed by atoms with E-state index in [4.69, 9.17) is 23.2 Å². The molecule has 0 amide bonds. The van der Waals surface area contributed by atoms with Crippen LogP contribution in [-0.4, -0.2) is 16.8 Å². The highest BCUT2D eigenvalue weighted by atomic mass is 35.5. The number of aryl methyl sites for hydroxylation is 1. The van der Waals surface area contributed by atoms with Crippen molar-refractivity contribution >= 4 is 23.2 Å². The number of halogens is 2. The number of hydrogen-bond donors (Lipinski definition) is 1. The molecule has 0 aliphatic rings. The molecule has 5 heteroatoms. The molecular weight excluding hydrogens is 257 g/mol. The maximum Gasteiger partial charge on any atom is 0.0819 e. The van der Waals surface area contributed by atoms with E-state index in [0.29, 0.717) is 5.02 Å². The highest BCUT2D eigenvalue weighted by Crippen LogP contribution is 2.22. The van der Waals surface area contributed by atoms with Crippen LogP contribution in [0.25, 0.3) is 5.69 Å². The summed E-state index contributed by atoms with van der Waals surface area (Å²) in [7, 11) is 1.89. The largest absolute Gasteiger partial charge is 0.316 e. The van der Waals surface area contributed by atoms with Gasteiger partial charge in [0.2, 0.25) is 0 Å². The van der Waals surface area contributed by atoms with E-state index >= 15 is 0 Å². The van der Waals surface area contributed by atoms with E-state index in [1.165, 1.54) is 0 Å². The molecular formula is C12H13Cl2N3. The minimum atomic E-state index is 0.653. The van der Waals surface area contributed by atoms with Gasteiger partial charge in [-0.1, -0.05) is 29.3 Å². The van der Waals surface area contributed by atoms with Crippen molar-refractivity contribution in [1.82, 2.24) is 15.1 Å². The standard InChI is InChI=1S/C12H13Cl2N3/c1-8-12(14)7-17(16-8)10-4-3-9(6-15-2)11(13)5-10/h3-5,7,15H,6H2,1-2H3. The summed E-state index contributed by atoms with van der Waals surface area (Å²) in [6.45, 7) is 2.62. The van der Waals surface area contributed by atoms with Crippen LogP contribution < -0.4 is 5.32 Å². The number of nitrogens with zero attached hydrogens (tertiary/aromatic N) is 2. The van der Waals surface area contributed by atoms with Crippen molar-refractivity contribution in [1.29, 1.82) is 0 Å². The topological polar surface area (TPSA) is 29.9 Å². The van der Waals surface area contributed by atoms with Crippen LogP contribution in [0.5, 0.6) is 0 Å². The molecule has 1 N–H and O–H groups in total. The molecule has 3 nitrogen and oxygen atoms in total. The number of rotatable bonds is 3. The fourth-order valence-electron chi connectivity index (χ4n) is 1.58. The molecule has 0 unspecified atom stereocenters. The predicted octanol–water partition coefficient (Wildman–Crippen LogP) is 3.21. The summed E-state index contributed by atoms with van der Waals surface area (Å²) in [5.41, 5.74) is 2.78. The van der Waals surface area contributed by atoms with E-state index < -0.39 is 0 Å². The zero-order chi connectivity index (χ0) is 12.4. The number of hydrogen-bond acceptors (Lipinski definition) is 2. The predicted molar refractivity (Wildman–Crippen MR) is 71.1 cm³/mol. The molecule has 0 fully saturated rings. The Morgan fingerprint density at radius 2 is 2.06 bits per heavy atom. The van der Waals surface area contributed by atoms with Gasteiger partial charge in [-0.3, -0.25) is 0 Å². The Morgan fingerprint density at radius 3 is 2.59 bits per heavy atom. The molecule has 0 saturated carbocycles. The molecule has 0 bridgehead atoms. The van der Waals surface area contributed by atoms with Crippen LogP contribution in [0.4, 0.5) is 0 Å². The minimum Gasteiger partial charge on any atom is -0.316 e. The summed E-state index contributed by atoms with van der Waals surface area (Å²) < 4.78 is 1.73. The second kappa shape index (κ2) is 5.08. The third-order valence-electron chi connectivity index (χ3n) is 2.51. The van der Waals surface area contributed by atoms with Crippen LogP contribution in [0.15, 0.2) is 24.4 Å². The first-order chi connectivity index (χ1) is 8.11. The van der Waals surface area contributed by atoms with Gasteiger partial charge in [0.1, 0.15) is 0 Å². The molecule has 0 spiro atoms. The summed E-state index contributed by atoms with van der Waals surface area (Å²) in [6.07, 6.45) is 1.78. The Kier molecular flexibility index (Phi) is 3.72. The molecule has 90 valence electrons. The lowest BCUT2D eigenvalue weighted by Crippen LogP contribution is -2.06. The lowest BCUT2D eigenvalue weighted by atomic mass is 10.2. The van der Waals surface area contributed by atoms with Gasteiger partial charge in [0.25, 0.3) is 0 Å². The maximum atomic E-state index is 6.19. The van der Waals surface area contributed by atoms with Gasteiger partial charge in [-0.05, 0) is 31.7 Å². The molecule has 1 heterocycles. The fourth-order valence-corrected chi connectivity index (χ4v) is 1.96. The van der Waals surface area contributed by atoms with E-state index in [1.54, 1.807) is 10.9 Å². The molecule has 0 aliphatic carbocycles. The highest BCUT2D eigenvalue weighted by Gasteiger charge is 2.06. The normalized spacial score (nSPS) is 10.8. The van der Waals surface area contributed by atoms with Crippen molar-refractivity contribution in [2.75, 3.05) is 7.05 Å². The summed E-state index contributed by atoms with van der Waals surface area (Å²) >= 11 is 12.2.